The molecule has 2 rings (SSSR count). The largest absolute Gasteiger partial charge is 0.462 e. The van der Waals surface area contributed by atoms with Crippen LogP contribution in [0.5, 0.6) is 0 Å². The molecule has 0 aromatic heterocycles. The molecule has 0 aliphatic carbocycles. The monoisotopic (exact) mass is 312 g/mol. The van der Waals surface area contributed by atoms with E-state index in [1.165, 1.54) is 12.1 Å². The summed E-state index contributed by atoms with van der Waals surface area (Å²) in [6.07, 6.45) is -4.47. The number of benzene rings is 2. The van der Waals surface area contributed by atoms with Crippen LogP contribution in [0.1, 0.15) is 22.8 Å². The Labute approximate surface area is 124 Å². The van der Waals surface area contributed by atoms with Crippen LogP contribution in [0.15, 0.2) is 42.5 Å². The van der Waals surface area contributed by atoms with Crippen LogP contribution in [0.2, 0.25) is 0 Å². The van der Waals surface area contributed by atoms with Crippen molar-refractivity contribution in [2.45, 2.75) is 13.1 Å². The number of halogens is 4. The molecular formula is C16H12F4O2. The molecule has 0 radical (unpaired) electrons. The van der Waals surface area contributed by atoms with Crippen LogP contribution in [0, 0.1) is 5.82 Å². The molecule has 0 atom stereocenters. The first-order valence-corrected chi connectivity index (χ1v) is 6.48. The maximum absolute atomic E-state index is 14.0. The molecule has 6 heteroatoms. The molecule has 0 aliphatic rings. The highest BCUT2D eigenvalue weighted by molar-refractivity contribution is 5.97. The van der Waals surface area contributed by atoms with Crippen molar-refractivity contribution < 1.29 is 27.1 Å². The fourth-order valence-corrected chi connectivity index (χ4v) is 2.02. The Kier molecular flexibility index (Phi) is 4.49. The number of carbonyl (C=O) groups excluding carboxylic acids is 1. The van der Waals surface area contributed by atoms with Gasteiger partial charge < -0.3 is 4.74 Å². The van der Waals surface area contributed by atoms with E-state index in [4.69, 9.17) is 4.74 Å². The summed E-state index contributed by atoms with van der Waals surface area (Å²) in [6, 6.07) is 7.79. The normalized spacial score (nSPS) is 11.3. The molecule has 0 saturated heterocycles. The first kappa shape index (κ1) is 16.0. The summed E-state index contributed by atoms with van der Waals surface area (Å²) in [7, 11) is 0. The minimum absolute atomic E-state index is 0.0263. The third-order valence-corrected chi connectivity index (χ3v) is 3.01. The number of rotatable bonds is 3. The fraction of sp³-hybridized carbons (Fsp3) is 0.188. The van der Waals surface area contributed by atoms with Gasteiger partial charge in [-0.15, -0.1) is 0 Å². The number of ether oxygens (including phenoxy) is 1. The van der Waals surface area contributed by atoms with E-state index in [0.717, 1.165) is 30.3 Å². The van der Waals surface area contributed by atoms with Gasteiger partial charge in [0.05, 0.1) is 17.7 Å². The van der Waals surface area contributed by atoms with Crippen LogP contribution in [0.4, 0.5) is 17.6 Å². The van der Waals surface area contributed by atoms with E-state index in [0.29, 0.717) is 0 Å². The Morgan fingerprint density at radius 1 is 1.09 bits per heavy atom. The van der Waals surface area contributed by atoms with Crippen molar-refractivity contribution in [2.24, 2.45) is 0 Å². The third-order valence-electron chi connectivity index (χ3n) is 3.01. The van der Waals surface area contributed by atoms with E-state index >= 15 is 0 Å². The lowest BCUT2D eigenvalue weighted by Crippen LogP contribution is -2.08. The van der Waals surface area contributed by atoms with Crippen molar-refractivity contribution in [1.82, 2.24) is 0 Å². The van der Waals surface area contributed by atoms with Gasteiger partial charge in [0.1, 0.15) is 5.82 Å². The van der Waals surface area contributed by atoms with Gasteiger partial charge in [-0.3, -0.25) is 0 Å². The molecule has 0 unspecified atom stereocenters. The maximum atomic E-state index is 14.0. The predicted octanol–water partition coefficient (Wildman–Crippen LogP) is 4.69. The van der Waals surface area contributed by atoms with Gasteiger partial charge in [0.25, 0.3) is 0 Å². The summed E-state index contributed by atoms with van der Waals surface area (Å²) in [6.45, 7) is 1.72. The molecular weight excluding hydrogens is 300 g/mol. The highest BCUT2D eigenvalue weighted by Gasteiger charge is 2.30. The average molecular weight is 312 g/mol. The molecule has 0 spiro atoms. The third kappa shape index (κ3) is 3.27. The summed E-state index contributed by atoms with van der Waals surface area (Å²) in [5.41, 5.74) is -0.768. The molecule has 0 heterocycles. The van der Waals surface area contributed by atoms with Crippen LogP contribution < -0.4 is 0 Å². The molecule has 2 nitrogen and oxygen atoms in total. The van der Waals surface area contributed by atoms with Gasteiger partial charge >= 0.3 is 12.1 Å². The molecule has 2 aromatic rings. The molecule has 0 N–H and O–H groups in total. The molecule has 0 fully saturated rings. The van der Waals surface area contributed by atoms with E-state index in [1.54, 1.807) is 6.92 Å². The van der Waals surface area contributed by atoms with E-state index in [-0.39, 0.29) is 23.3 Å². The Hall–Kier alpha value is -2.37. The highest BCUT2D eigenvalue weighted by Crippen LogP contribution is 2.33. The highest BCUT2D eigenvalue weighted by atomic mass is 19.4. The van der Waals surface area contributed by atoms with Crippen molar-refractivity contribution in [2.75, 3.05) is 6.61 Å². The smallest absolute Gasteiger partial charge is 0.416 e. The van der Waals surface area contributed by atoms with Crippen molar-refractivity contribution in [1.29, 1.82) is 0 Å². The number of hydrogen-bond acceptors (Lipinski definition) is 2. The standard InChI is InChI=1S/C16H12F4O2/c1-2-22-15(21)12-4-3-5-13(17)14(12)10-6-8-11(9-7-10)16(18,19)20/h3-9H,2H2,1H3. The minimum atomic E-state index is -4.47. The number of hydrogen-bond donors (Lipinski definition) is 0. The van der Waals surface area contributed by atoms with Crippen LogP contribution in [-0.4, -0.2) is 12.6 Å². The van der Waals surface area contributed by atoms with Crippen LogP contribution in [0.3, 0.4) is 0 Å². The maximum Gasteiger partial charge on any atom is 0.416 e. The lowest BCUT2D eigenvalue weighted by atomic mass is 9.98. The molecule has 0 amide bonds. The summed E-state index contributed by atoms with van der Waals surface area (Å²) in [4.78, 5) is 11.8. The molecule has 116 valence electrons. The van der Waals surface area contributed by atoms with Crippen molar-refractivity contribution in [3.8, 4) is 11.1 Å². The van der Waals surface area contributed by atoms with E-state index < -0.39 is 23.5 Å². The van der Waals surface area contributed by atoms with Gasteiger partial charge in [-0.05, 0) is 36.8 Å². The van der Waals surface area contributed by atoms with Gasteiger partial charge in [-0.1, -0.05) is 18.2 Å². The topological polar surface area (TPSA) is 26.3 Å². The van der Waals surface area contributed by atoms with Crippen LogP contribution >= 0.6 is 0 Å². The fourth-order valence-electron chi connectivity index (χ4n) is 2.02. The van der Waals surface area contributed by atoms with E-state index in [2.05, 4.69) is 0 Å². The first-order valence-electron chi connectivity index (χ1n) is 6.48. The summed E-state index contributed by atoms with van der Waals surface area (Å²) >= 11 is 0. The van der Waals surface area contributed by atoms with Crippen molar-refractivity contribution >= 4 is 5.97 Å². The van der Waals surface area contributed by atoms with Crippen LogP contribution in [0.25, 0.3) is 11.1 Å². The lowest BCUT2D eigenvalue weighted by Gasteiger charge is -2.12. The Morgan fingerprint density at radius 3 is 2.27 bits per heavy atom. The van der Waals surface area contributed by atoms with Gasteiger partial charge in [0.2, 0.25) is 0 Å². The first-order chi connectivity index (χ1) is 10.3. The lowest BCUT2D eigenvalue weighted by molar-refractivity contribution is -0.137. The minimum Gasteiger partial charge on any atom is -0.462 e. The van der Waals surface area contributed by atoms with E-state index in [1.807, 2.05) is 0 Å². The molecule has 2 aromatic carbocycles. The van der Waals surface area contributed by atoms with Gasteiger partial charge in [0.15, 0.2) is 0 Å². The molecule has 22 heavy (non-hydrogen) atoms. The van der Waals surface area contributed by atoms with Crippen molar-refractivity contribution in [3.63, 3.8) is 0 Å². The summed E-state index contributed by atoms with van der Waals surface area (Å²) in [5.74, 6) is -1.43. The van der Waals surface area contributed by atoms with Gasteiger partial charge in [-0.2, -0.15) is 13.2 Å². The predicted molar refractivity (Wildman–Crippen MR) is 72.8 cm³/mol. The zero-order valence-electron chi connectivity index (χ0n) is 11.6. The molecule has 0 saturated carbocycles. The van der Waals surface area contributed by atoms with Crippen molar-refractivity contribution in [3.05, 3.63) is 59.4 Å². The molecule has 0 aliphatic heterocycles. The average Bonchev–Trinajstić information content (AvgIpc) is 2.46. The zero-order valence-corrected chi connectivity index (χ0v) is 11.6. The molecule has 0 bridgehead atoms. The second kappa shape index (κ2) is 6.17. The quantitative estimate of drug-likeness (QED) is 0.607. The Balaban J connectivity index is 2.50. The second-order valence-corrected chi connectivity index (χ2v) is 4.46. The summed E-state index contributed by atoms with van der Waals surface area (Å²) in [5, 5.41) is 0. The Morgan fingerprint density at radius 2 is 1.73 bits per heavy atom. The summed E-state index contributed by atoms with van der Waals surface area (Å²) < 4.78 is 56.6. The zero-order chi connectivity index (χ0) is 16.3. The SMILES string of the molecule is CCOC(=O)c1cccc(F)c1-c1ccc(C(F)(F)F)cc1. The number of esters is 1. The van der Waals surface area contributed by atoms with E-state index in [9.17, 15) is 22.4 Å². The number of alkyl halides is 3. The second-order valence-electron chi connectivity index (χ2n) is 4.46. The number of carbonyl (C=O) groups is 1. The Bertz CT molecular complexity index is 676. The van der Waals surface area contributed by atoms with Crippen LogP contribution in [-0.2, 0) is 10.9 Å². The van der Waals surface area contributed by atoms with Gasteiger partial charge in [0, 0.05) is 5.56 Å². The van der Waals surface area contributed by atoms with Gasteiger partial charge in [-0.25, -0.2) is 9.18 Å².